The fourth-order valence-corrected chi connectivity index (χ4v) is 2.73. The highest BCUT2D eigenvalue weighted by molar-refractivity contribution is 5.69. The lowest BCUT2D eigenvalue weighted by Crippen LogP contribution is -2.17. The predicted octanol–water partition coefficient (Wildman–Crippen LogP) is 1.67. The van der Waals surface area contributed by atoms with Gasteiger partial charge >= 0.3 is 5.97 Å². The fraction of sp³-hybridized carbons (Fsp3) is 0.500. The Labute approximate surface area is 112 Å². The van der Waals surface area contributed by atoms with Crippen LogP contribution in [0.3, 0.4) is 0 Å². The third kappa shape index (κ3) is 2.51. The molecule has 0 aliphatic heterocycles. The van der Waals surface area contributed by atoms with Crippen LogP contribution >= 0.6 is 0 Å². The van der Waals surface area contributed by atoms with Crippen LogP contribution in [0.25, 0.3) is 0 Å². The van der Waals surface area contributed by atoms with Gasteiger partial charge in [0.1, 0.15) is 11.5 Å². The van der Waals surface area contributed by atoms with Crippen LogP contribution in [0.15, 0.2) is 6.07 Å². The van der Waals surface area contributed by atoms with Crippen LogP contribution in [-0.2, 0) is 17.6 Å². The lowest BCUT2D eigenvalue weighted by Gasteiger charge is -2.19. The van der Waals surface area contributed by atoms with Crippen molar-refractivity contribution in [3.8, 4) is 11.5 Å². The van der Waals surface area contributed by atoms with Crippen molar-refractivity contribution >= 4 is 5.97 Å². The number of fused-ring (bicyclic) bond motifs is 1. The number of aliphatic carboxylic acids is 1. The Hall–Kier alpha value is -1.75. The molecule has 104 valence electrons. The second-order valence-electron chi connectivity index (χ2n) is 4.72. The van der Waals surface area contributed by atoms with Crippen molar-refractivity contribution in [3.63, 3.8) is 0 Å². The summed E-state index contributed by atoms with van der Waals surface area (Å²) in [6.07, 6.45) is 2.81. The van der Waals surface area contributed by atoms with E-state index in [0.717, 1.165) is 41.9 Å². The Morgan fingerprint density at radius 3 is 2.63 bits per heavy atom. The Morgan fingerprint density at radius 2 is 2.05 bits per heavy atom. The first-order valence-electron chi connectivity index (χ1n) is 6.32. The summed E-state index contributed by atoms with van der Waals surface area (Å²) >= 11 is 0. The molecule has 3 N–H and O–H groups in total. The Bertz CT molecular complexity index is 499. The topological polar surface area (TPSA) is 81.8 Å². The molecule has 2 rings (SSSR count). The van der Waals surface area contributed by atoms with Crippen molar-refractivity contribution in [1.29, 1.82) is 0 Å². The SMILES string of the molecule is COc1cc(C(N)CC(=O)O)c(OC)c2c1CCC2. The smallest absolute Gasteiger partial charge is 0.305 e. The van der Waals surface area contributed by atoms with E-state index in [4.69, 9.17) is 20.3 Å². The van der Waals surface area contributed by atoms with E-state index in [0.29, 0.717) is 5.56 Å². The van der Waals surface area contributed by atoms with Crippen LogP contribution in [0.5, 0.6) is 11.5 Å². The number of ether oxygens (including phenoxy) is 2. The van der Waals surface area contributed by atoms with Gasteiger partial charge in [-0.05, 0) is 25.3 Å². The second kappa shape index (κ2) is 5.48. The molecule has 0 aromatic heterocycles. The van der Waals surface area contributed by atoms with Crippen molar-refractivity contribution in [2.24, 2.45) is 5.73 Å². The van der Waals surface area contributed by atoms with Crippen molar-refractivity contribution in [3.05, 3.63) is 22.8 Å². The minimum Gasteiger partial charge on any atom is -0.496 e. The molecule has 0 bridgehead atoms. The van der Waals surface area contributed by atoms with Gasteiger partial charge in [0, 0.05) is 22.7 Å². The summed E-state index contributed by atoms with van der Waals surface area (Å²) < 4.78 is 10.9. The molecule has 0 fully saturated rings. The molecule has 1 aliphatic rings. The maximum Gasteiger partial charge on any atom is 0.305 e. The summed E-state index contributed by atoms with van der Waals surface area (Å²) in [5.41, 5.74) is 8.95. The lowest BCUT2D eigenvalue weighted by atomic mass is 9.97. The minimum absolute atomic E-state index is 0.127. The monoisotopic (exact) mass is 265 g/mol. The highest BCUT2D eigenvalue weighted by Gasteiger charge is 2.26. The summed E-state index contributed by atoms with van der Waals surface area (Å²) in [6, 6.07) is 1.23. The van der Waals surface area contributed by atoms with E-state index in [1.807, 2.05) is 6.07 Å². The zero-order valence-electron chi connectivity index (χ0n) is 11.2. The quantitative estimate of drug-likeness (QED) is 0.846. The van der Waals surface area contributed by atoms with E-state index in [1.165, 1.54) is 0 Å². The Morgan fingerprint density at radius 1 is 1.37 bits per heavy atom. The molecule has 0 saturated heterocycles. The van der Waals surface area contributed by atoms with E-state index in [2.05, 4.69) is 0 Å². The standard InChI is InChI=1S/C14H19NO4/c1-18-12-6-10(11(15)7-13(16)17)14(19-2)9-5-3-4-8(9)12/h6,11H,3-5,7,15H2,1-2H3,(H,16,17). The number of carboxylic acids is 1. The number of carboxylic acid groups (broad SMARTS) is 1. The molecule has 5 nitrogen and oxygen atoms in total. The first kappa shape index (κ1) is 13.7. The van der Waals surface area contributed by atoms with E-state index in [1.54, 1.807) is 14.2 Å². The summed E-state index contributed by atoms with van der Waals surface area (Å²) in [6.45, 7) is 0. The third-order valence-electron chi connectivity index (χ3n) is 3.56. The van der Waals surface area contributed by atoms with Crippen molar-refractivity contribution in [2.75, 3.05) is 14.2 Å². The number of rotatable bonds is 5. The molecular weight excluding hydrogens is 246 g/mol. The van der Waals surface area contributed by atoms with E-state index >= 15 is 0 Å². The van der Waals surface area contributed by atoms with Crippen molar-refractivity contribution < 1.29 is 19.4 Å². The first-order valence-corrected chi connectivity index (χ1v) is 6.32. The second-order valence-corrected chi connectivity index (χ2v) is 4.72. The third-order valence-corrected chi connectivity index (χ3v) is 3.56. The highest BCUT2D eigenvalue weighted by atomic mass is 16.5. The zero-order valence-corrected chi connectivity index (χ0v) is 11.2. The maximum absolute atomic E-state index is 10.8. The van der Waals surface area contributed by atoms with Gasteiger partial charge in [0.2, 0.25) is 0 Å². The van der Waals surface area contributed by atoms with Gasteiger partial charge in [0.15, 0.2) is 0 Å². The van der Waals surface area contributed by atoms with Gasteiger partial charge in [-0.3, -0.25) is 4.79 Å². The molecule has 0 amide bonds. The number of benzene rings is 1. The number of carbonyl (C=O) groups is 1. The number of hydrogen-bond donors (Lipinski definition) is 2. The molecule has 0 heterocycles. The molecule has 1 aromatic rings. The van der Waals surface area contributed by atoms with Crippen LogP contribution in [0, 0.1) is 0 Å². The van der Waals surface area contributed by atoms with E-state index in [9.17, 15) is 4.79 Å². The fourth-order valence-electron chi connectivity index (χ4n) is 2.73. The first-order chi connectivity index (χ1) is 9.08. The van der Waals surface area contributed by atoms with Crippen LogP contribution in [0.2, 0.25) is 0 Å². The average molecular weight is 265 g/mol. The van der Waals surface area contributed by atoms with Gasteiger partial charge in [-0.1, -0.05) is 0 Å². The maximum atomic E-state index is 10.8. The Kier molecular flexibility index (Phi) is 3.95. The molecule has 0 saturated carbocycles. The van der Waals surface area contributed by atoms with Gasteiger partial charge < -0.3 is 20.3 Å². The number of hydrogen-bond acceptors (Lipinski definition) is 4. The molecule has 19 heavy (non-hydrogen) atoms. The largest absolute Gasteiger partial charge is 0.496 e. The lowest BCUT2D eigenvalue weighted by molar-refractivity contribution is -0.137. The average Bonchev–Trinajstić information content (AvgIpc) is 2.84. The van der Waals surface area contributed by atoms with Gasteiger partial charge in [0.05, 0.1) is 20.6 Å². The Balaban J connectivity index is 2.50. The van der Waals surface area contributed by atoms with Crippen molar-refractivity contribution in [2.45, 2.75) is 31.7 Å². The van der Waals surface area contributed by atoms with Gasteiger partial charge in [-0.25, -0.2) is 0 Å². The molecule has 1 aromatic carbocycles. The van der Waals surface area contributed by atoms with Gasteiger partial charge in [0.25, 0.3) is 0 Å². The molecule has 1 atom stereocenters. The molecule has 0 spiro atoms. The summed E-state index contributed by atoms with van der Waals surface area (Å²) in [4.78, 5) is 10.8. The molecular formula is C14H19NO4. The summed E-state index contributed by atoms with van der Waals surface area (Å²) in [5.74, 6) is 0.584. The molecule has 0 radical (unpaired) electrons. The number of methoxy groups -OCH3 is 2. The zero-order chi connectivity index (χ0) is 14.0. The molecule has 1 unspecified atom stereocenters. The minimum atomic E-state index is -0.922. The number of nitrogens with two attached hydrogens (primary N) is 1. The summed E-state index contributed by atoms with van der Waals surface area (Å²) in [7, 11) is 3.21. The van der Waals surface area contributed by atoms with Crippen LogP contribution in [0.4, 0.5) is 0 Å². The van der Waals surface area contributed by atoms with E-state index < -0.39 is 12.0 Å². The van der Waals surface area contributed by atoms with Crippen LogP contribution in [-0.4, -0.2) is 25.3 Å². The molecule has 1 aliphatic carbocycles. The van der Waals surface area contributed by atoms with Crippen molar-refractivity contribution in [1.82, 2.24) is 0 Å². The normalized spacial score (nSPS) is 14.9. The van der Waals surface area contributed by atoms with E-state index in [-0.39, 0.29) is 6.42 Å². The molecule has 5 heteroatoms. The van der Waals surface area contributed by atoms with Crippen LogP contribution in [0.1, 0.15) is 35.6 Å². The van der Waals surface area contributed by atoms with Crippen LogP contribution < -0.4 is 15.2 Å². The van der Waals surface area contributed by atoms with Gasteiger partial charge in [-0.15, -0.1) is 0 Å². The van der Waals surface area contributed by atoms with Gasteiger partial charge in [-0.2, -0.15) is 0 Å². The predicted molar refractivity (Wildman–Crippen MR) is 70.8 cm³/mol. The summed E-state index contributed by atoms with van der Waals surface area (Å²) in [5, 5.41) is 8.88. The highest BCUT2D eigenvalue weighted by Crippen LogP contribution is 2.42.